The summed E-state index contributed by atoms with van der Waals surface area (Å²) >= 11 is 0. The highest BCUT2D eigenvalue weighted by atomic mass is 31.2. The summed E-state index contributed by atoms with van der Waals surface area (Å²) in [5.41, 5.74) is 1.16. The lowest BCUT2D eigenvalue weighted by Gasteiger charge is -2.26. The second kappa shape index (κ2) is 17.7. The summed E-state index contributed by atoms with van der Waals surface area (Å²) < 4.78 is 29.4. The Bertz CT molecular complexity index is 1270. The molecule has 0 aromatic heterocycles. The van der Waals surface area contributed by atoms with Crippen molar-refractivity contribution in [1.29, 1.82) is 0 Å². The Morgan fingerprint density at radius 2 is 1.41 bits per heavy atom. The van der Waals surface area contributed by atoms with Crippen LogP contribution in [0.3, 0.4) is 0 Å². The maximum Gasteiger partial charge on any atom is 0.408 e. The van der Waals surface area contributed by atoms with Gasteiger partial charge in [-0.05, 0) is 64.2 Å². The fourth-order valence-electron chi connectivity index (χ4n) is 4.30. The molecule has 0 spiro atoms. The van der Waals surface area contributed by atoms with Crippen LogP contribution >= 0.6 is 7.60 Å². The molecule has 0 unspecified atom stereocenters. The lowest BCUT2D eigenvalue weighted by atomic mass is 10.0. The van der Waals surface area contributed by atoms with Crippen molar-refractivity contribution < 1.29 is 32.7 Å². The second-order valence-electron chi connectivity index (χ2n) is 11.7. The first-order chi connectivity index (χ1) is 20.7. The van der Waals surface area contributed by atoms with Crippen LogP contribution in [-0.2, 0) is 34.4 Å². The van der Waals surface area contributed by atoms with Crippen molar-refractivity contribution in [1.82, 2.24) is 16.0 Å². The van der Waals surface area contributed by atoms with Gasteiger partial charge in [-0.15, -0.1) is 0 Å². The first-order valence-corrected chi connectivity index (χ1v) is 16.8. The maximum absolute atomic E-state index is 13.8. The molecule has 3 amide bonds. The van der Waals surface area contributed by atoms with Crippen LogP contribution < -0.4 is 16.0 Å². The van der Waals surface area contributed by atoms with Crippen molar-refractivity contribution >= 4 is 31.2 Å². The minimum absolute atomic E-state index is 0.0534. The number of ether oxygens (including phenoxy) is 1. The van der Waals surface area contributed by atoms with Crippen molar-refractivity contribution in [2.75, 3.05) is 19.4 Å². The van der Waals surface area contributed by atoms with Crippen LogP contribution in [0.25, 0.3) is 5.70 Å². The monoisotopic (exact) mass is 629 g/mol. The van der Waals surface area contributed by atoms with Gasteiger partial charge in [-0.25, -0.2) is 4.79 Å². The molecule has 2 atom stereocenters. The molecule has 0 aliphatic heterocycles. The summed E-state index contributed by atoms with van der Waals surface area (Å²) in [7, 11) is -3.43. The molecule has 44 heavy (non-hydrogen) atoms. The van der Waals surface area contributed by atoms with E-state index in [0.29, 0.717) is 17.7 Å². The Morgan fingerprint density at radius 3 is 1.93 bits per heavy atom. The summed E-state index contributed by atoms with van der Waals surface area (Å²) in [5, 5.41) is 8.45. The summed E-state index contributed by atoms with van der Waals surface area (Å²) in [6, 6.07) is 16.5. The van der Waals surface area contributed by atoms with Gasteiger partial charge in [-0.3, -0.25) is 14.2 Å². The standard InChI is InChI=1S/C33H48N3O7P/c1-8-41-44(40,42-9-2)21-20-27(26-18-14-11-15-19-26)34-30(37)28(22-24(3)4)35-31(38)29(23-25-16-12-10-13-17-25)36-32(39)43-33(5,6)7/h10-20,24,28-29H,8-9,21-23H2,1-7H3,(H,34,37)(H,35,38)(H,36,39)/b27-20+/t28-,29-/m0/s1. The SMILES string of the molecule is CCOP(=O)(C/C=C(/NC(=O)[C@H](CC(C)C)NC(=O)[C@H](Cc1ccccc1)NC(=O)OC(C)(C)C)c1ccccc1)OCC. The minimum atomic E-state index is -3.43. The number of hydrogen-bond acceptors (Lipinski definition) is 7. The molecule has 0 bridgehead atoms. The van der Waals surface area contributed by atoms with Crippen molar-refractivity contribution in [3.05, 3.63) is 77.9 Å². The number of carbonyl (C=O) groups is 3. The van der Waals surface area contributed by atoms with Crippen molar-refractivity contribution in [3.8, 4) is 0 Å². The van der Waals surface area contributed by atoms with E-state index in [1.807, 2.05) is 74.5 Å². The zero-order valence-electron chi connectivity index (χ0n) is 26.9. The minimum Gasteiger partial charge on any atom is -0.444 e. The molecule has 0 aliphatic rings. The van der Waals surface area contributed by atoms with E-state index in [2.05, 4.69) is 16.0 Å². The van der Waals surface area contributed by atoms with E-state index in [-0.39, 0.29) is 31.7 Å². The maximum atomic E-state index is 13.8. The van der Waals surface area contributed by atoms with Crippen LogP contribution in [0.2, 0.25) is 0 Å². The molecule has 2 aromatic rings. The summed E-state index contributed by atoms with van der Waals surface area (Å²) in [6.45, 7) is 13.0. The zero-order chi connectivity index (χ0) is 32.8. The molecule has 0 radical (unpaired) electrons. The second-order valence-corrected chi connectivity index (χ2v) is 13.8. The third-order valence-electron chi connectivity index (χ3n) is 6.14. The van der Waals surface area contributed by atoms with E-state index in [0.717, 1.165) is 5.56 Å². The number of allylic oxidation sites excluding steroid dienone is 1. The summed E-state index contributed by atoms with van der Waals surface area (Å²) in [4.78, 5) is 40.1. The van der Waals surface area contributed by atoms with Gasteiger partial charge in [0.2, 0.25) is 11.8 Å². The van der Waals surface area contributed by atoms with Crippen molar-refractivity contribution in [3.63, 3.8) is 0 Å². The predicted molar refractivity (Wildman–Crippen MR) is 173 cm³/mol. The van der Waals surface area contributed by atoms with Gasteiger partial charge in [-0.2, -0.15) is 0 Å². The molecular weight excluding hydrogens is 581 g/mol. The van der Waals surface area contributed by atoms with E-state index in [1.54, 1.807) is 40.7 Å². The average Bonchev–Trinajstić information content (AvgIpc) is 2.94. The molecule has 2 aromatic carbocycles. The highest BCUT2D eigenvalue weighted by Gasteiger charge is 2.30. The number of amides is 3. The van der Waals surface area contributed by atoms with Gasteiger partial charge in [0, 0.05) is 12.1 Å². The fraction of sp³-hybridized carbons (Fsp3) is 0.485. The van der Waals surface area contributed by atoms with E-state index in [1.165, 1.54) is 0 Å². The number of alkyl carbamates (subject to hydrolysis) is 1. The number of carbonyl (C=O) groups excluding carboxylic acids is 3. The van der Waals surface area contributed by atoms with Gasteiger partial charge < -0.3 is 29.7 Å². The number of nitrogens with one attached hydrogen (secondary N) is 3. The smallest absolute Gasteiger partial charge is 0.408 e. The number of benzene rings is 2. The molecule has 0 saturated carbocycles. The van der Waals surface area contributed by atoms with Gasteiger partial charge in [-0.1, -0.05) is 74.5 Å². The Kier molecular flexibility index (Phi) is 14.8. The molecule has 0 fully saturated rings. The highest BCUT2D eigenvalue weighted by molar-refractivity contribution is 7.54. The quantitative estimate of drug-likeness (QED) is 0.192. The lowest BCUT2D eigenvalue weighted by molar-refractivity contribution is -0.129. The number of hydrogen-bond donors (Lipinski definition) is 3. The Hall–Kier alpha value is -3.46. The fourth-order valence-corrected chi connectivity index (χ4v) is 5.78. The van der Waals surface area contributed by atoms with Crippen molar-refractivity contribution in [2.45, 2.75) is 79.0 Å². The Labute approximate surface area is 261 Å². The molecule has 0 aliphatic carbocycles. The third kappa shape index (κ3) is 13.5. The summed E-state index contributed by atoms with van der Waals surface area (Å²) in [5.74, 6) is -0.929. The van der Waals surface area contributed by atoms with Crippen LogP contribution in [0.5, 0.6) is 0 Å². The van der Waals surface area contributed by atoms with E-state index in [9.17, 15) is 18.9 Å². The first kappa shape index (κ1) is 36.7. The largest absolute Gasteiger partial charge is 0.444 e. The van der Waals surface area contributed by atoms with E-state index >= 15 is 0 Å². The normalized spacial score (nSPS) is 13.6. The predicted octanol–water partition coefficient (Wildman–Crippen LogP) is 6.08. The average molecular weight is 630 g/mol. The molecule has 0 saturated heterocycles. The molecule has 0 heterocycles. The first-order valence-electron chi connectivity index (χ1n) is 15.0. The third-order valence-corrected chi connectivity index (χ3v) is 8.08. The van der Waals surface area contributed by atoms with Gasteiger partial charge in [0.25, 0.3) is 0 Å². The molecule has 2 rings (SSSR count). The molecule has 10 nitrogen and oxygen atoms in total. The molecular formula is C33H48N3O7P. The van der Waals surface area contributed by atoms with Crippen molar-refractivity contribution in [2.24, 2.45) is 5.92 Å². The van der Waals surface area contributed by atoms with Crippen LogP contribution in [0.1, 0.15) is 66.0 Å². The highest BCUT2D eigenvalue weighted by Crippen LogP contribution is 2.48. The Morgan fingerprint density at radius 1 is 0.841 bits per heavy atom. The van der Waals surface area contributed by atoms with Crippen LogP contribution in [0, 0.1) is 5.92 Å². The van der Waals surface area contributed by atoms with E-state index < -0.39 is 43.2 Å². The van der Waals surface area contributed by atoms with Gasteiger partial charge in [0.1, 0.15) is 17.7 Å². The van der Waals surface area contributed by atoms with E-state index in [4.69, 9.17) is 13.8 Å². The number of rotatable bonds is 16. The van der Waals surface area contributed by atoms with Crippen LogP contribution in [0.15, 0.2) is 66.7 Å². The summed E-state index contributed by atoms with van der Waals surface area (Å²) in [6.07, 6.45) is 1.36. The molecule has 242 valence electrons. The van der Waals surface area contributed by atoms with Crippen LogP contribution in [0.4, 0.5) is 4.79 Å². The zero-order valence-corrected chi connectivity index (χ0v) is 27.8. The van der Waals surface area contributed by atoms with Gasteiger partial charge in [0.05, 0.1) is 19.4 Å². The lowest BCUT2D eigenvalue weighted by Crippen LogP contribution is -2.55. The molecule has 11 heteroatoms. The van der Waals surface area contributed by atoms with Crippen LogP contribution in [-0.4, -0.2) is 55.0 Å². The topological polar surface area (TPSA) is 132 Å². The van der Waals surface area contributed by atoms with Gasteiger partial charge in [0.15, 0.2) is 0 Å². The molecule has 3 N–H and O–H groups in total. The Balaban J connectivity index is 2.35. The van der Waals surface area contributed by atoms with Gasteiger partial charge >= 0.3 is 13.7 Å².